The predicted molar refractivity (Wildman–Crippen MR) is 362 cm³/mol. The van der Waals surface area contributed by atoms with Gasteiger partial charge in [0.25, 0.3) is 0 Å². The van der Waals surface area contributed by atoms with Crippen LogP contribution in [0.4, 0.5) is 0 Å². The summed E-state index contributed by atoms with van der Waals surface area (Å²) >= 11 is 0. The maximum Gasteiger partial charge on any atom is 0.472 e. The molecule has 0 fully saturated rings. The summed E-state index contributed by atoms with van der Waals surface area (Å²) in [5, 5.41) is 0. The van der Waals surface area contributed by atoms with Crippen LogP contribution in [0.25, 0.3) is 0 Å². The zero-order valence-corrected chi connectivity index (χ0v) is 56.5. The first-order valence-electron chi connectivity index (χ1n) is 35.3. The fourth-order valence-electron chi connectivity index (χ4n) is 10.0. The van der Waals surface area contributed by atoms with Gasteiger partial charge in [0.1, 0.15) is 19.8 Å². The van der Waals surface area contributed by atoms with Gasteiger partial charge in [-0.2, -0.15) is 0 Å². The van der Waals surface area contributed by atoms with Crippen LogP contribution in [-0.4, -0.2) is 74.9 Å². The molecule has 0 rings (SSSR count). The number of carbonyl (C=O) groups excluding carboxylic acids is 2. The van der Waals surface area contributed by atoms with Crippen LogP contribution in [0.5, 0.6) is 0 Å². The number of hydrogen-bond acceptors (Lipinski definition) is 7. The second kappa shape index (κ2) is 64.7. The molecule has 84 heavy (non-hydrogen) atoms. The number of ether oxygens (including phenoxy) is 2. The number of phosphoric acid groups is 1. The topological polar surface area (TPSA) is 108 Å². The maximum atomic E-state index is 12.9. The molecule has 2 unspecified atom stereocenters. The molecule has 2 atom stereocenters. The van der Waals surface area contributed by atoms with E-state index < -0.39 is 26.5 Å². The summed E-state index contributed by atoms with van der Waals surface area (Å²) in [6.45, 7) is 4.33. The third-order valence-corrected chi connectivity index (χ3v) is 16.4. The molecule has 0 saturated heterocycles. The molecule has 0 aliphatic heterocycles. The highest BCUT2D eigenvalue weighted by Gasteiger charge is 2.27. The van der Waals surface area contributed by atoms with Gasteiger partial charge in [-0.05, 0) is 89.9 Å². The summed E-state index contributed by atoms with van der Waals surface area (Å²) in [4.78, 5) is 35.8. The van der Waals surface area contributed by atoms with E-state index in [0.717, 1.165) is 83.5 Å². The SMILES string of the molecule is CC/C=C\C/C=C\C/C=C\C/C=C\C/C=C\CCCCCCCCCC(=O)OC(COC(=O)CCCCCCCCCCCCCCCCCCCCCCCCCCC/C=C\C/C=C\CCCCCCC)COP(=O)(O)OCC[N+](C)(C)C. The Morgan fingerprint density at radius 1 is 0.381 bits per heavy atom. The van der Waals surface area contributed by atoms with Crippen LogP contribution < -0.4 is 0 Å². The number of hydrogen-bond donors (Lipinski definition) is 1. The summed E-state index contributed by atoms with van der Waals surface area (Å²) in [6.07, 6.45) is 88.4. The summed E-state index contributed by atoms with van der Waals surface area (Å²) in [5.74, 6) is -0.801. The summed E-state index contributed by atoms with van der Waals surface area (Å²) in [5.41, 5.74) is 0. The van der Waals surface area contributed by atoms with Crippen molar-refractivity contribution in [2.24, 2.45) is 0 Å². The van der Waals surface area contributed by atoms with Crippen LogP contribution in [0.2, 0.25) is 0 Å². The molecular weight excluding hydrogens is 1060 g/mol. The van der Waals surface area contributed by atoms with Gasteiger partial charge < -0.3 is 18.9 Å². The molecule has 10 heteroatoms. The zero-order chi connectivity index (χ0) is 61.2. The molecule has 0 aromatic rings. The van der Waals surface area contributed by atoms with Gasteiger partial charge in [0.15, 0.2) is 6.10 Å². The minimum atomic E-state index is -4.40. The molecular formula is C74H135NO8P+. The standard InChI is InChI=1S/C74H134NO8P/c1-6-8-10-12-14-16-18-20-22-24-26-28-30-31-32-33-34-35-36-37-38-39-40-41-42-43-45-46-48-50-52-54-56-58-60-62-64-66-73(76)80-70-72(71-82-84(78,79)81-69-68-75(3,4)5)83-74(77)67-65-63-61-59-57-55-53-51-49-47-44-29-27-25-23-21-19-17-15-13-11-9-7-2/h9,11,15,17-18,20-21,23-24,26-27,29,47,49,72H,6-8,10,12-14,16,19,22,25,28,30-46,48,50-71H2,1-5H3/p+1/b11-9-,17-15-,20-18-,23-21-,26-24-,29-27-,49-47-. The second-order valence-electron chi connectivity index (χ2n) is 24.9. The fraction of sp³-hybridized carbons (Fsp3) is 0.784. The van der Waals surface area contributed by atoms with Crippen LogP contribution >= 0.6 is 7.82 Å². The average molecular weight is 1200 g/mol. The van der Waals surface area contributed by atoms with Crippen molar-refractivity contribution in [3.63, 3.8) is 0 Å². The summed E-state index contributed by atoms with van der Waals surface area (Å²) < 4.78 is 34.7. The van der Waals surface area contributed by atoms with Gasteiger partial charge in [0.05, 0.1) is 27.7 Å². The van der Waals surface area contributed by atoms with Gasteiger partial charge in [-0.15, -0.1) is 0 Å². The Morgan fingerprint density at radius 2 is 0.679 bits per heavy atom. The Kier molecular flexibility index (Phi) is 62.5. The minimum Gasteiger partial charge on any atom is -0.462 e. The van der Waals surface area contributed by atoms with Gasteiger partial charge in [-0.25, -0.2) is 4.57 Å². The molecule has 0 radical (unpaired) electrons. The van der Waals surface area contributed by atoms with Crippen LogP contribution in [-0.2, 0) is 32.7 Å². The third kappa shape index (κ3) is 68.3. The lowest BCUT2D eigenvalue weighted by Gasteiger charge is -2.24. The van der Waals surface area contributed by atoms with E-state index in [0.29, 0.717) is 17.4 Å². The van der Waals surface area contributed by atoms with E-state index in [1.807, 2.05) is 21.1 Å². The first-order chi connectivity index (χ1) is 41.0. The summed E-state index contributed by atoms with van der Waals surface area (Å²) in [6, 6.07) is 0. The number of phosphoric ester groups is 1. The van der Waals surface area contributed by atoms with Crippen LogP contribution in [0.1, 0.15) is 322 Å². The molecule has 1 N–H and O–H groups in total. The fourth-order valence-corrected chi connectivity index (χ4v) is 10.8. The molecule has 488 valence electrons. The van der Waals surface area contributed by atoms with Gasteiger partial charge in [0.2, 0.25) is 0 Å². The number of carbonyl (C=O) groups is 2. The highest BCUT2D eigenvalue weighted by molar-refractivity contribution is 7.47. The normalized spacial score (nSPS) is 13.6. The van der Waals surface area contributed by atoms with Crippen molar-refractivity contribution >= 4 is 19.8 Å². The van der Waals surface area contributed by atoms with Crippen molar-refractivity contribution in [2.75, 3.05) is 47.5 Å². The number of allylic oxidation sites excluding steroid dienone is 14. The Hall–Kier alpha value is -2.81. The van der Waals surface area contributed by atoms with Crippen LogP contribution in [0.3, 0.4) is 0 Å². The van der Waals surface area contributed by atoms with E-state index in [-0.39, 0.29) is 32.0 Å². The number of unbranched alkanes of at least 4 members (excludes halogenated alkanes) is 37. The first kappa shape index (κ1) is 81.2. The molecule has 0 aliphatic rings. The smallest absolute Gasteiger partial charge is 0.462 e. The minimum absolute atomic E-state index is 0.0273. The van der Waals surface area contributed by atoms with Gasteiger partial charge in [0, 0.05) is 12.8 Å². The van der Waals surface area contributed by atoms with Crippen LogP contribution in [0, 0.1) is 0 Å². The number of quaternary nitrogens is 1. The zero-order valence-electron chi connectivity index (χ0n) is 55.6. The molecule has 0 bridgehead atoms. The number of esters is 2. The Labute approximate surface area is 520 Å². The quantitative estimate of drug-likeness (QED) is 0.0211. The molecule has 0 spiro atoms. The summed E-state index contributed by atoms with van der Waals surface area (Å²) in [7, 11) is 1.47. The van der Waals surface area contributed by atoms with Crippen molar-refractivity contribution in [3.05, 3.63) is 85.1 Å². The van der Waals surface area contributed by atoms with Crippen molar-refractivity contribution in [3.8, 4) is 0 Å². The van der Waals surface area contributed by atoms with Crippen molar-refractivity contribution in [1.29, 1.82) is 0 Å². The van der Waals surface area contributed by atoms with Crippen molar-refractivity contribution < 1.29 is 42.1 Å². The van der Waals surface area contributed by atoms with Gasteiger partial charge >= 0.3 is 19.8 Å². The molecule has 0 aliphatic carbocycles. The van der Waals surface area contributed by atoms with E-state index in [9.17, 15) is 19.0 Å². The molecule has 0 aromatic heterocycles. The lowest BCUT2D eigenvalue weighted by Crippen LogP contribution is -2.37. The molecule has 0 aromatic carbocycles. The monoisotopic (exact) mass is 1200 g/mol. The Balaban J connectivity index is 3.98. The molecule has 9 nitrogen and oxygen atoms in total. The van der Waals surface area contributed by atoms with E-state index in [1.165, 1.54) is 205 Å². The maximum absolute atomic E-state index is 12.9. The number of nitrogens with zero attached hydrogens (tertiary/aromatic N) is 1. The van der Waals surface area contributed by atoms with E-state index in [4.69, 9.17) is 18.5 Å². The largest absolute Gasteiger partial charge is 0.472 e. The van der Waals surface area contributed by atoms with Crippen LogP contribution in [0.15, 0.2) is 85.1 Å². The lowest BCUT2D eigenvalue weighted by atomic mass is 10.0. The van der Waals surface area contributed by atoms with Gasteiger partial charge in [-0.1, -0.05) is 304 Å². The molecule has 0 heterocycles. The highest BCUT2D eigenvalue weighted by atomic mass is 31.2. The predicted octanol–water partition coefficient (Wildman–Crippen LogP) is 22.9. The molecule has 0 saturated carbocycles. The van der Waals surface area contributed by atoms with Gasteiger partial charge in [-0.3, -0.25) is 18.6 Å². The average Bonchev–Trinajstić information content (AvgIpc) is 3.61. The van der Waals surface area contributed by atoms with E-state index in [1.54, 1.807) is 0 Å². The van der Waals surface area contributed by atoms with Crippen molar-refractivity contribution in [2.45, 2.75) is 328 Å². The first-order valence-corrected chi connectivity index (χ1v) is 36.8. The van der Waals surface area contributed by atoms with E-state index >= 15 is 0 Å². The third-order valence-electron chi connectivity index (χ3n) is 15.4. The Morgan fingerprint density at radius 3 is 1.01 bits per heavy atom. The molecule has 0 amide bonds. The van der Waals surface area contributed by atoms with Crippen molar-refractivity contribution in [1.82, 2.24) is 0 Å². The highest BCUT2D eigenvalue weighted by Crippen LogP contribution is 2.43. The number of likely N-dealkylation sites (N-methyl/N-ethyl adjacent to an activating group) is 1. The number of rotatable bonds is 65. The van der Waals surface area contributed by atoms with E-state index in [2.05, 4.69) is 98.9 Å². The lowest BCUT2D eigenvalue weighted by molar-refractivity contribution is -0.870. The Bertz CT molecular complexity index is 1690. The second-order valence-corrected chi connectivity index (χ2v) is 26.3.